The highest BCUT2D eigenvalue weighted by atomic mass is 32.1. The smallest absolute Gasteiger partial charge is 0.275 e. The van der Waals surface area contributed by atoms with Crippen LogP contribution >= 0.6 is 11.3 Å². The van der Waals surface area contributed by atoms with Gasteiger partial charge in [-0.3, -0.25) is 9.89 Å². The molecule has 1 N–H and O–H groups in total. The molecule has 0 saturated heterocycles. The van der Waals surface area contributed by atoms with Crippen molar-refractivity contribution in [3.63, 3.8) is 0 Å². The van der Waals surface area contributed by atoms with Crippen molar-refractivity contribution in [1.82, 2.24) is 15.1 Å². The monoisotopic (exact) mass is 289 g/mol. The zero-order valence-corrected chi connectivity index (χ0v) is 12.9. The van der Waals surface area contributed by atoms with Gasteiger partial charge in [0.25, 0.3) is 5.91 Å². The van der Waals surface area contributed by atoms with Crippen LogP contribution in [0.15, 0.2) is 11.4 Å². The van der Waals surface area contributed by atoms with E-state index in [-0.39, 0.29) is 11.9 Å². The predicted octanol–water partition coefficient (Wildman–Crippen LogP) is 3.10. The first-order chi connectivity index (χ1) is 9.63. The molecule has 106 valence electrons. The number of aryl methyl sites for hydroxylation is 1. The summed E-state index contributed by atoms with van der Waals surface area (Å²) in [6.45, 7) is 6.92. The number of aromatic amines is 1. The maximum atomic E-state index is 12.7. The molecule has 20 heavy (non-hydrogen) atoms. The Labute approximate surface area is 122 Å². The number of nitrogens with one attached hydrogen (secondary N) is 1. The van der Waals surface area contributed by atoms with E-state index in [0.717, 1.165) is 30.6 Å². The summed E-state index contributed by atoms with van der Waals surface area (Å²) in [5.41, 5.74) is 3.90. The van der Waals surface area contributed by atoms with E-state index in [4.69, 9.17) is 0 Å². The number of hydrogen-bond donors (Lipinski definition) is 1. The van der Waals surface area contributed by atoms with Gasteiger partial charge in [-0.25, -0.2) is 0 Å². The van der Waals surface area contributed by atoms with Crippen LogP contribution in [0.3, 0.4) is 0 Å². The van der Waals surface area contributed by atoms with Crippen molar-refractivity contribution in [3.05, 3.63) is 38.8 Å². The van der Waals surface area contributed by atoms with Gasteiger partial charge in [-0.2, -0.15) is 5.10 Å². The summed E-state index contributed by atoms with van der Waals surface area (Å²) >= 11 is 1.79. The number of carbonyl (C=O) groups is 1. The second-order valence-electron chi connectivity index (χ2n) is 5.25. The molecule has 3 heterocycles. The van der Waals surface area contributed by atoms with E-state index in [1.165, 1.54) is 10.4 Å². The Kier molecular flexibility index (Phi) is 3.38. The minimum Gasteiger partial charge on any atom is -0.330 e. The van der Waals surface area contributed by atoms with E-state index in [1.807, 2.05) is 11.8 Å². The highest BCUT2D eigenvalue weighted by molar-refractivity contribution is 7.10. The number of amides is 1. The summed E-state index contributed by atoms with van der Waals surface area (Å²) in [5.74, 6) is 0.0443. The maximum Gasteiger partial charge on any atom is 0.275 e. The Balaban J connectivity index is 1.90. The predicted molar refractivity (Wildman–Crippen MR) is 80.2 cm³/mol. The van der Waals surface area contributed by atoms with E-state index in [9.17, 15) is 4.79 Å². The second kappa shape index (κ2) is 5.05. The van der Waals surface area contributed by atoms with Crippen LogP contribution in [0.2, 0.25) is 0 Å². The summed E-state index contributed by atoms with van der Waals surface area (Å²) in [5, 5.41) is 9.32. The minimum absolute atomic E-state index is 0.0443. The largest absolute Gasteiger partial charge is 0.330 e. The Morgan fingerprint density at radius 2 is 2.40 bits per heavy atom. The van der Waals surface area contributed by atoms with E-state index in [0.29, 0.717) is 5.69 Å². The molecule has 0 aliphatic carbocycles. The fourth-order valence-corrected chi connectivity index (χ4v) is 3.87. The van der Waals surface area contributed by atoms with Crippen LogP contribution in [0.5, 0.6) is 0 Å². The molecule has 2 aromatic heterocycles. The maximum absolute atomic E-state index is 12.7. The number of aromatic nitrogens is 2. The number of nitrogens with zero attached hydrogens (tertiary/aromatic N) is 2. The molecule has 4 nitrogen and oxygen atoms in total. The number of hydrogen-bond acceptors (Lipinski definition) is 3. The molecule has 1 atom stereocenters. The van der Waals surface area contributed by atoms with Crippen molar-refractivity contribution in [2.24, 2.45) is 0 Å². The fourth-order valence-electron chi connectivity index (χ4n) is 2.91. The van der Waals surface area contributed by atoms with Gasteiger partial charge < -0.3 is 4.90 Å². The first-order valence-electron chi connectivity index (χ1n) is 7.04. The first kappa shape index (κ1) is 13.4. The summed E-state index contributed by atoms with van der Waals surface area (Å²) < 4.78 is 0. The molecule has 1 aliphatic rings. The standard InChI is InChI=1S/C15H19N3OS/c1-4-12-9(2)14(17-16-12)15(19)18-7-5-13-11(10(18)3)6-8-20-13/h6,8,10H,4-5,7H2,1-3H3,(H,16,17). The van der Waals surface area contributed by atoms with Crippen molar-refractivity contribution < 1.29 is 4.79 Å². The van der Waals surface area contributed by atoms with Gasteiger partial charge in [-0.1, -0.05) is 6.92 Å². The molecule has 3 rings (SSSR count). The Morgan fingerprint density at radius 3 is 3.10 bits per heavy atom. The third kappa shape index (κ3) is 1.97. The molecule has 0 saturated carbocycles. The highest BCUT2D eigenvalue weighted by Gasteiger charge is 2.31. The van der Waals surface area contributed by atoms with E-state index < -0.39 is 0 Å². The zero-order chi connectivity index (χ0) is 14.3. The molecular formula is C15H19N3OS. The van der Waals surface area contributed by atoms with Crippen LogP contribution in [0.1, 0.15) is 52.1 Å². The van der Waals surface area contributed by atoms with Gasteiger partial charge in [-0.05, 0) is 43.7 Å². The summed E-state index contributed by atoms with van der Waals surface area (Å²) in [7, 11) is 0. The lowest BCUT2D eigenvalue weighted by molar-refractivity contribution is 0.0672. The number of carbonyl (C=O) groups excluding carboxylic acids is 1. The molecule has 0 spiro atoms. The molecule has 5 heteroatoms. The molecule has 0 radical (unpaired) electrons. The van der Waals surface area contributed by atoms with Crippen LogP contribution in [0, 0.1) is 6.92 Å². The average molecular weight is 289 g/mol. The average Bonchev–Trinajstić information content (AvgIpc) is 3.05. The third-order valence-electron chi connectivity index (χ3n) is 4.20. The lowest BCUT2D eigenvalue weighted by Crippen LogP contribution is -2.38. The molecule has 0 aromatic carbocycles. The van der Waals surface area contributed by atoms with Crippen molar-refractivity contribution >= 4 is 17.2 Å². The molecule has 1 aliphatic heterocycles. The van der Waals surface area contributed by atoms with Gasteiger partial charge in [0.2, 0.25) is 0 Å². The summed E-state index contributed by atoms with van der Waals surface area (Å²) in [6.07, 6.45) is 1.82. The summed E-state index contributed by atoms with van der Waals surface area (Å²) in [4.78, 5) is 16.1. The highest BCUT2D eigenvalue weighted by Crippen LogP contribution is 2.33. The Bertz CT molecular complexity index is 643. The van der Waals surface area contributed by atoms with E-state index in [1.54, 1.807) is 11.3 Å². The van der Waals surface area contributed by atoms with Gasteiger partial charge in [0.15, 0.2) is 5.69 Å². The number of rotatable bonds is 2. The quantitative estimate of drug-likeness (QED) is 0.923. The summed E-state index contributed by atoms with van der Waals surface area (Å²) in [6, 6.07) is 2.28. The molecule has 2 aromatic rings. The van der Waals surface area contributed by atoms with Crippen molar-refractivity contribution in [3.8, 4) is 0 Å². The molecule has 1 amide bonds. The van der Waals surface area contributed by atoms with Gasteiger partial charge in [0.1, 0.15) is 0 Å². The van der Waals surface area contributed by atoms with Crippen LogP contribution in [0.25, 0.3) is 0 Å². The van der Waals surface area contributed by atoms with Crippen LogP contribution in [0.4, 0.5) is 0 Å². The first-order valence-corrected chi connectivity index (χ1v) is 7.92. The van der Waals surface area contributed by atoms with Gasteiger partial charge >= 0.3 is 0 Å². The normalized spacial score (nSPS) is 18.1. The Hall–Kier alpha value is -1.62. The SMILES string of the molecule is CCc1[nH]nc(C(=O)N2CCc3sccc3C2C)c1C. The van der Waals surface area contributed by atoms with Gasteiger partial charge in [0.05, 0.1) is 6.04 Å². The zero-order valence-electron chi connectivity index (χ0n) is 12.1. The molecular weight excluding hydrogens is 270 g/mol. The van der Waals surface area contributed by atoms with Crippen LogP contribution < -0.4 is 0 Å². The van der Waals surface area contributed by atoms with Crippen molar-refractivity contribution in [2.75, 3.05) is 6.54 Å². The number of thiophene rings is 1. The topological polar surface area (TPSA) is 49.0 Å². The molecule has 0 fully saturated rings. The third-order valence-corrected chi connectivity index (χ3v) is 5.20. The second-order valence-corrected chi connectivity index (χ2v) is 6.25. The molecule has 1 unspecified atom stereocenters. The Morgan fingerprint density at radius 1 is 1.60 bits per heavy atom. The lowest BCUT2D eigenvalue weighted by Gasteiger charge is -2.33. The molecule has 0 bridgehead atoms. The fraction of sp³-hybridized carbons (Fsp3) is 0.467. The minimum atomic E-state index is 0.0443. The van der Waals surface area contributed by atoms with Crippen LogP contribution in [-0.4, -0.2) is 27.5 Å². The van der Waals surface area contributed by atoms with Crippen molar-refractivity contribution in [2.45, 2.75) is 39.7 Å². The number of fused-ring (bicyclic) bond motifs is 1. The van der Waals surface area contributed by atoms with Gasteiger partial charge in [-0.15, -0.1) is 11.3 Å². The number of H-pyrrole nitrogens is 1. The lowest BCUT2D eigenvalue weighted by atomic mass is 10.0. The van der Waals surface area contributed by atoms with E-state index >= 15 is 0 Å². The van der Waals surface area contributed by atoms with Gasteiger partial charge in [0, 0.05) is 22.7 Å². The van der Waals surface area contributed by atoms with E-state index in [2.05, 4.69) is 35.5 Å². The van der Waals surface area contributed by atoms with Crippen LogP contribution in [-0.2, 0) is 12.8 Å². The van der Waals surface area contributed by atoms with Crippen molar-refractivity contribution in [1.29, 1.82) is 0 Å².